The smallest absolute Gasteiger partial charge is 0.216 e. The summed E-state index contributed by atoms with van der Waals surface area (Å²) < 4.78 is 0. The topological polar surface area (TPSA) is 57.5 Å². The summed E-state index contributed by atoms with van der Waals surface area (Å²) >= 11 is 0. The highest BCUT2D eigenvalue weighted by Crippen LogP contribution is 2.47. The van der Waals surface area contributed by atoms with E-state index in [0.717, 1.165) is 27.8 Å². The van der Waals surface area contributed by atoms with Crippen LogP contribution in [0.25, 0.3) is 33.9 Å². The zero-order chi connectivity index (χ0) is 25.1. The van der Waals surface area contributed by atoms with Crippen LogP contribution in [-0.4, -0.2) is 16.2 Å². The van der Waals surface area contributed by atoms with E-state index in [1.54, 1.807) is 36.4 Å². The number of hydrogen-bond donors (Lipinski definition) is 2. The number of rotatable bonds is 2. The van der Waals surface area contributed by atoms with E-state index in [1.807, 2.05) is 24.3 Å². The third-order valence-electron chi connectivity index (χ3n) is 7.32. The summed E-state index contributed by atoms with van der Waals surface area (Å²) in [4.78, 5) is 11.9. The number of quaternary nitrogens is 1. The minimum absolute atomic E-state index is 0.145. The van der Waals surface area contributed by atoms with Crippen molar-refractivity contribution in [3.05, 3.63) is 143 Å². The number of carbonyl (C=O) groups is 1. The van der Waals surface area contributed by atoms with E-state index in [9.17, 15) is 15.2 Å². The van der Waals surface area contributed by atoms with Gasteiger partial charge < -0.3 is 0 Å². The molecule has 1 aliphatic carbocycles. The molecule has 176 valence electrons. The third-order valence-corrected chi connectivity index (χ3v) is 7.32. The number of hydrogen-bond acceptors (Lipinski definition) is 3. The SMILES string of the molecule is O=C1c2ccccc2[N+](O)(O)c2ccc(-c3ccc4c(c3)-c3ccccc3/C4=C\c3ccccc3)cc21. The molecular weight excluding hydrogens is 458 g/mol. The lowest BCUT2D eigenvalue weighted by Crippen LogP contribution is -2.41. The fourth-order valence-electron chi connectivity index (χ4n) is 5.53. The van der Waals surface area contributed by atoms with Crippen molar-refractivity contribution in [2.24, 2.45) is 0 Å². The molecule has 1 heterocycles. The van der Waals surface area contributed by atoms with Crippen molar-refractivity contribution in [2.45, 2.75) is 0 Å². The minimum Gasteiger partial charge on any atom is -0.288 e. The summed E-state index contributed by atoms with van der Waals surface area (Å²) in [7, 11) is 0. The largest absolute Gasteiger partial charge is 0.288 e. The van der Waals surface area contributed by atoms with Gasteiger partial charge in [-0.1, -0.05) is 78.9 Å². The second-order valence-electron chi connectivity index (χ2n) is 9.45. The van der Waals surface area contributed by atoms with Crippen LogP contribution < -0.4 is 4.81 Å². The molecule has 0 bridgehead atoms. The third kappa shape index (κ3) is 3.25. The first-order chi connectivity index (χ1) is 18.0. The van der Waals surface area contributed by atoms with Gasteiger partial charge in [-0.3, -0.25) is 4.79 Å². The molecule has 1 aliphatic heterocycles. The quantitative estimate of drug-likeness (QED) is 0.248. The monoisotopic (exact) mass is 480 g/mol. The number of ketones is 1. The van der Waals surface area contributed by atoms with Crippen LogP contribution in [0.2, 0.25) is 0 Å². The molecule has 0 saturated carbocycles. The molecule has 0 atom stereocenters. The predicted molar refractivity (Wildman–Crippen MR) is 146 cm³/mol. The molecule has 2 aliphatic rings. The Labute approximate surface area is 214 Å². The predicted octanol–water partition coefficient (Wildman–Crippen LogP) is 7.88. The van der Waals surface area contributed by atoms with E-state index in [1.165, 1.54) is 16.7 Å². The molecule has 0 spiro atoms. The minimum atomic E-state index is -1.44. The highest BCUT2D eigenvalue weighted by Gasteiger charge is 2.44. The molecular formula is C33H22NO3+. The summed E-state index contributed by atoms with van der Waals surface area (Å²) in [5, 5.41) is 21.8. The molecule has 37 heavy (non-hydrogen) atoms. The Morgan fingerprint density at radius 2 is 1.08 bits per heavy atom. The first kappa shape index (κ1) is 21.7. The lowest BCUT2D eigenvalue weighted by Gasteiger charge is -2.27. The zero-order valence-corrected chi connectivity index (χ0v) is 19.8. The van der Waals surface area contributed by atoms with E-state index in [0.29, 0.717) is 0 Å². The first-order valence-corrected chi connectivity index (χ1v) is 12.2. The van der Waals surface area contributed by atoms with Crippen LogP contribution in [0.5, 0.6) is 0 Å². The van der Waals surface area contributed by atoms with Crippen molar-refractivity contribution in [2.75, 3.05) is 0 Å². The average molecular weight is 481 g/mol. The molecule has 0 saturated heterocycles. The zero-order valence-electron chi connectivity index (χ0n) is 19.8. The Balaban J connectivity index is 1.36. The maximum atomic E-state index is 13.3. The highest BCUT2D eigenvalue weighted by atomic mass is 16.8. The van der Waals surface area contributed by atoms with E-state index in [-0.39, 0.29) is 28.3 Å². The molecule has 4 nitrogen and oxygen atoms in total. The van der Waals surface area contributed by atoms with Crippen molar-refractivity contribution < 1.29 is 15.2 Å². The summed E-state index contributed by atoms with van der Waals surface area (Å²) in [6.45, 7) is 0. The van der Waals surface area contributed by atoms with Crippen molar-refractivity contribution >= 4 is 28.8 Å². The van der Waals surface area contributed by atoms with Crippen LogP contribution in [-0.2, 0) is 0 Å². The molecule has 5 aromatic carbocycles. The van der Waals surface area contributed by atoms with Crippen LogP contribution in [0.4, 0.5) is 11.4 Å². The van der Waals surface area contributed by atoms with Crippen LogP contribution in [0.1, 0.15) is 32.6 Å². The average Bonchev–Trinajstić information content (AvgIpc) is 3.25. The Bertz CT molecular complexity index is 1770. The van der Waals surface area contributed by atoms with Crippen molar-refractivity contribution in [1.82, 2.24) is 4.81 Å². The Morgan fingerprint density at radius 3 is 1.86 bits per heavy atom. The van der Waals surface area contributed by atoms with Crippen molar-refractivity contribution in [3.63, 3.8) is 0 Å². The van der Waals surface area contributed by atoms with Gasteiger partial charge in [0, 0.05) is 16.9 Å². The maximum Gasteiger partial charge on any atom is 0.216 e. The fraction of sp³-hybridized carbons (Fsp3) is 0. The second kappa shape index (κ2) is 7.95. The number of carbonyl (C=O) groups excluding carboxylic acids is 1. The lowest BCUT2D eigenvalue weighted by molar-refractivity contribution is -0.246. The Morgan fingerprint density at radius 1 is 0.514 bits per heavy atom. The van der Waals surface area contributed by atoms with Gasteiger partial charge in [0.15, 0.2) is 0 Å². The summed E-state index contributed by atoms with van der Waals surface area (Å²) in [5.74, 6) is -0.219. The van der Waals surface area contributed by atoms with Crippen LogP contribution in [0, 0.1) is 0 Å². The number of benzene rings is 5. The first-order valence-electron chi connectivity index (χ1n) is 12.2. The number of para-hydroxylation sites is 1. The molecule has 5 aromatic rings. The van der Waals surface area contributed by atoms with E-state index < -0.39 is 4.81 Å². The van der Waals surface area contributed by atoms with Crippen LogP contribution in [0.3, 0.4) is 0 Å². The van der Waals surface area contributed by atoms with Gasteiger partial charge in [0.1, 0.15) is 0 Å². The molecule has 7 rings (SSSR count). The van der Waals surface area contributed by atoms with Gasteiger partial charge in [-0.25, -0.2) is 0 Å². The van der Waals surface area contributed by atoms with Gasteiger partial charge in [0.05, 0.1) is 11.1 Å². The van der Waals surface area contributed by atoms with E-state index in [4.69, 9.17) is 0 Å². The fourth-order valence-corrected chi connectivity index (χ4v) is 5.53. The standard InChI is InChI=1S/C33H22NO3/c35-33-27-12-6-7-13-31(27)34(36,37)32-17-15-23(20-30(32)33)22-14-16-26-28(18-21-8-2-1-3-9-21)24-10-4-5-11-25(24)29(26)19-22/h1-20,36-37H/q+1/b28-18+. The second-order valence-corrected chi connectivity index (χ2v) is 9.45. The highest BCUT2D eigenvalue weighted by molar-refractivity contribution is 6.18. The molecule has 0 fully saturated rings. The van der Waals surface area contributed by atoms with E-state index >= 15 is 0 Å². The lowest BCUT2D eigenvalue weighted by atomic mass is 9.91. The molecule has 0 radical (unpaired) electrons. The van der Waals surface area contributed by atoms with E-state index in [2.05, 4.69) is 60.7 Å². The molecule has 2 N–H and O–H groups in total. The van der Waals surface area contributed by atoms with Gasteiger partial charge >= 0.3 is 0 Å². The Kier molecular flexibility index (Phi) is 4.65. The van der Waals surface area contributed by atoms with Gasteiger partial charge in [0.25, 0.3) is 0 Å². The molecule has 4 heteroatoms. The van der Waals surface area contributed by atoms with Crippen molar-refractivity contribution in [1.29, 1.82) is 0 Å². The number of nitrogens with zero attached hydrogens (tertiary/aromatic N) is 1. The summed E-state index contributed by atoms with van der Waals surface area (Å²) in [5.41, 5.74) is 9.66. The Hall–Kier alpha value is -4.61. The number of fused-ring (bicyclic) bond motifs is 5. The summed E-state index contributed by atoms with van der Waals surface area (Å²) in [6.07, 6.45) is 2.22. The van der Waals surface area contributed by atoms with Gasteiger partial charge in [0.2, 0.25) is 17.2 Å². The molecule has 0 unspecified atom stereocenters. The molecule has 0 amide bonds. The van der Waals surface area contributed by atoms with Crippen LogP contribution >= 0.6 is 0 Å². The molecule has 0 aromatic heterocycles. The van der Waals surface area contributed by atoms with Crippen LogP contribution in [0.15, 0.2) is 115 Å². The van der Waals surface area contributed by atoms with Gasteiger partial charge in [-0.05, 0) is 74.9 Å². The normalized spacial score (nSPS) is 15.6. The van der Waals surface area contributed by atoms with Gasteiger partial charge in [-0.2, -0.15) is 10.4 Å². The summed E-state index contributed by atoms with van der Waals surface area (Å²) in [6, 6.07) is 36.9. The maximum absolute atomic E-state index is 13.3. The van der Waals surface area contributed by atoms with Gasteiger partial charge in [-0.15, -0.1) is 0 Å². The van der Waals surface area contributed by atoms with Crippen molar-refractivity contribution in [3.8, 4) is 22.3 Å².